The van der Waals surface area contributed by atoms with Crippen LogP contribution in [0.4, 0.5) is 5.69 Å². The zero-order valence-electron chi connectivity index (χ0n) is 11.4. The minimum atomic E-state index is -0.0698. The van der Waals surface area contributed by atoms with E-state index in [4.69, 9.17) is 0 Å². The fraction of sp³-hybridized carbons (Fsp3) is 0.429. The van der Waals surface area contributed by atoms with Crippen molar-refractivity contribution in [3.8, 4) is 0 Å². The monoisotopic (exact) mass is 326 g/mol. The third-order valence-electron chi connectivity index (χ3n) is 2.53. The maximum absolute atomic E-state index is 11.6. The van der Waals surface area contributed by atoms with Crippen molar-refractivity contribution in [3.05, 3.63) is 28.7 Å². The lowest BCUT2D eigenvalue weighted by atomic mass is 10.2. The summed E-state index contributed by atoms with van der Waals surface area (Å²) in [6.07, 6.45) is 0.299. The Morgan fingerprint density at radius 2 is 1.84 bits per heavy atom. The molecule has 0 aromatic heterocycles. The number of nitrogens with one attached hydrogen (secondary N) is 1. The molecule has 0 spiro atoms. The zero-order chi connectivity index (χ0) is 14.4. The number of benzene rings is 1. The van der Waals surface area contributed by atoms with Gasteiger partial charge in [0.25, 0.3) is 0 Å². The fourth-order valence-electron chi connectivity index (χ4n) is 1.70. The first-order valence-corrected chi connectivity index (χ1v) is 7.02. The van der Waals surface area contributed by atoms with E-state index in [0.717, 1.165) is 10.2 Å². The van der Waals surface area contributed by atoms with Crippen LogP contribution in [0.5, 0.6) is 0 Å². The maximum atomic E-state index is 11.6. The predicted molar refractivity (Wildman–Crippen MR) is 80.1 cm³/mol. The highest BCUT2D eigenvalue weighted by atomic mass is 79.9. The molecule has 4 nitrogen and oxygen atoms in total. The van der Waals surface area contributed by atoms with Gasteiger partial charge in [-0.1, -0.05) is 15.9 Å². The van der Waals surface area contributed by atoms with Crippen LogP contribution < -0.4 is 10.2 Å². The number of carbonyl (C=O) groups excluding carboxylic acids is 2. The van der Waals surface area contributed by atoms with Crippen LogP contribution in [0.2, 0.25) is 0 Å². The smallest absolute Gasteiger partial charge is 0.223 e. The van der Waals surface area contributed by atoms with Crippen molar-refractivity contribution in [1.29, 1.82) is 0 Å². The number of carbonyl (C=O) groups is 2. The normalized spacial score (nSPS) is 10.4. The van der Waals surface area contributed by atoms with Crippen molar-refractivity contribution >= 4 is 33.4 Å². The Hall–Kier alpha value is -1.36. The number of halogens is 1. The molecule has 0 radical (unpaired) electrons. The molecule has 1 aromatic rings. The third kappa shape index (κ3) is 5.42. The van der Waals surface area contributed by atoms with Crippen LogP contribution in [0.3, 0.4) is 0 Å². The van der Waals surface area contributed by atoms with E-state index < -0.39 is 0 Å². The van der Waals surface area contributed by atoms with Crippen molar-refractivity contribution < 1.29 is 9.59 Å². The highest BCUT2D eigenvalue weighted by Crippen LogP contribution is 2.18. The molecule has 0 aliphatic heterocycles. The maximum Gasteiger partial charge on any atom is 0.223 e. The summed E-state index contributed by atoms with van der Waals surface area (Å²) in [6.45, 7) is 5.71. The minimum Gasteiger partial charge on any atom is -0.354 e. The molecule has 1 aromatic carbocycles. The first-order chi connectivity index (χ1) is 8.90. The van der Waals surface area contributed by atoms with Gasteiger partial charge in [0.15, 0.2) is 0 Å². The Morgan fingerprint density at radius 1 is 1.26 bits per heavy atom. The molecule has 0 unspecified atom stereocenters. The van der Waals surface area contributed by atoms with Gasteiger partial charge in [-0.05, 0) is 38.1 Å². The molecule has 0 fully saturated rings. The summed E-state index contributed by atoms with van der Waals surface area (Å²) in [7, 11) is 0. The number of anilines is 1. The highest BCUT2D eigenvalue weighted by Gasteiger charge is 2.13. The lowest BCUT2D eigenvalue weighted by molar-refractivity contribution is -0.121. The van der Waals surface area contributed by atoms with Gasteiger partial charge in [0.1, 0.15) is 0 Å². The van der Waals surface area contributed by atoms with Crippen LogP contribution in [0.15, 0.2) is 28.7 Å². The molecule has 0 aliphatic rings. The summed E-state index contributed by atoms with van der Waals surface area (Å²) in [6, 6.07) is 7.57. The third-order valence-corrected chi connectivity index (χ3v) is 3.06. The van der Waals surface area contributed by atoms with E-state index in [1.165, 1.54) is 6.92 Å². The van der Waals surface area contributed by atoms with Crippen LogP contribution in [0.25, 0.3) is 0 Å². The zero-order valence-corrected chi connectivity index (χ0v) is 13.0. The predicted octanol–water partition coefficient (Wildman–Crippen LogP) is 2.72. The first kappa shape index (κ1) is 15.7. The molecule has 2 amide bonds. The summed E-state index contributed by atoms with van der Waals surface area (Å²) in [4.78, 5) is 24.9. The molecule has 5 heteroatoms. The van der Waals surface area contributed by atoms with Gasteiger partial charge in [0, 0.05) is 36.1 Å². The lowest BCUT2D eigenvalue weighted by Gasteiger charge is -2.21. The Bertz CT molecular complexity index is 443. The van der Waals surface area contributed by atoms with Crippen LogP contribution in [0, 0.1) is 0 Å². The molecule has 0 saturated carbocycles. The Balaban J connectivity index is 2.66. The van der Waals surface area contributed by atoms with E-state index in [-0.39, 0.29) is 17.9 Å². The van der Waals surface area contributed by atoms with E-state index in [1.807, 2.05) is 38.1 Å². The molecular formula is C14H19BrN2O2. The van der Waals surface area contributed by atoms with Gasteiger partial charge >= 0.3 is 0 Å². The SMILES string of the molecule is CC(=O)N(CCC(=O)NC(C)C)c1ccc(Br)cc1. The van der Waals surface area contributed by atoms with E-state index in [0.29, 0.717) is 13.0 Å². The molecule has 104 valence electrons. The summed E-state index contributed by atoms with van der Waals surface area (Å²) >= 11 is 3.35. The number of hydrogen-bond donors (Lipinski definition) is 1. The van der Waals surface area contributed by atoms with Crippen molar-refractivity contribution in [3.63, 3.8) is 0 Å². The van der Waals surface area contributed by atoms with Gasteiger partial charge in [0.2, 0.25) is 11.8 Å². The summed E-state index contributed by atoms with van der Waals surface area (Å²) in [5.41, 5.74) is 0.799. The average molecular weight is 327 g/mol. The second-order valence-corrected chi connectivity index (χ2v) is 5.53. The van der Waals surface area contributed by atoms with Crippen molar-refractivity contribution in [2.24, 2.45) is 0 Å². The molecule has 0 saturated heterocycles. The van der Waals surface area contributed by atoms with Gasteiger partial charge in [-0.15, -0.1) is 0 Å². The topological polar surface area (TPSA) is 49.4 Å². The first-order valence-electron chi connectivity index (χ1n) is 6.23. The lowest BCUT2D eigenvalue weighted by Crippen LogP contribution is -2.36. The average Bonchev–Trinajstić information content (AvgIpc) is 2.30. The Labute approximate surface area is 122 Å². The van der Waals surface area contributed by atoms with Crippen LogP contribution in [0.1, 0.15) is 27.2 Å². The second-order valence-electron chi connectivity index (χ2n) is 4.62. The van der Waals surface area contributed by atoms with Crippen LogP contribution in [-0.4, -0.2) is 24.4 Å². The van der Waals surface area contributed by atoms with E-state index in [1.54, 1.807) is 4.90 Å². The highest BCUT2D eigenvalue weighted by molar-refractivity contribution is 9.10. The van der Waals surface area contributed by atoms with E-state index in [9.17, 15) is 9.59 Å². The largest absolute Gasteiger partial charge is 0.354 e. The van der Waals surface area contributed by atoms with Crippen molar-refractivity contribution in [1.82, 2.24) is 5.32 Å². The van der Waals surface area contributed by atoms with Crippen LogP contribution >= 0.6 is 15.9 Å². The summed E-state index contributed by atoms with van der Waals surface area (Å²) in [5, 5.41) is 2.81. The van der Waals surface area contributed by atoms with Gasteiger partial charge < -0.3 is 10.2 Å². The van der Waals surface area contributed by atoms with Crippen molar-refractivity contribution in [2.45, 2.75) is 33.2 Å². The van der Waals surface area contributed by atoms with Gasteiger partial charge in [-0.2, -0.15) is 0 Å². The van der Waals surface area contributed by atoms with E-state index in [2.05, 4.69) is 21.2 Å². The Morgan fingerprint density at radius 3 is 2.32 bits per heavy atom. The molecule has 0 heterocycles. The standard InChI is InChI=1S/C14H19BrN2O2/c1-10(2)16-14(19)8-9-17(11(3)18)13-6-4-12(15)5-7-13/h4-7,10H,8-9H2,1-3H3,(H,16,19). The minimum absolute atomic E-state index is 0.0432. The van der Waals surface area contributed by atoms with Gasteiger partial charge in [0.05, 0.1) is 0 Å². The molecule has 1 N–H and O–H groups in total. The number of hydrogen-bond acceptors (Lipinski definition) is 2. The second kappa shape index (κ2) is 7.28. The molecule has 0 bridgehead atoms. The van der Waals surface area contributed by atoms with E-state index >= 15 is 0 Å². The number of rotatable bonds is 5. The van der Waals surface area contributed by atoms with Crippen molar-refractivity contribution in [2.75, 3.05) is 11.4 Å². The molecule has 19 heavy (non-hydrogen) atoms. The fourth-order valence-corrected chi connectivity index (χ4v) is 1.96. The van der Waals surface area contributed by atoms with Gasteiger partial charge in [-0.25, -0.2) is 0 Å². The summed E-state index contributed by atoms with van der Waals surface area (Å²) in [5.74, 6) is -0.113. The molecule has 0 atom stereocenters. The molecular weight excluding hydrogens is 308 g/mol. The quantitative estimate of drug-likeness (QED) is 0.904. The Kier molecular flexibility index (Phi) is 6.02. The summed E-state index contributed by atoms with van der Waals surface area (Å²) < 4.78 is 0.956. The van der Waals surface area contributed by atoms with Gasteiger partial charge in [-0.3, -0.25) is 9.59 Å². The molecule has 1 rings (SSSR count). The molecule has 0 aliphatic carbocycles. The van der Waals surface area contributed by atoms with Crippen LogP contribution in [-0.2, 0) is 9.59 Å². The number of nitrogens with zero attached hydrogens (tertiary/aromatic N) is 1. The number of amides is 2.